The summed E-state index contributed by atoms with van der Waals surface area (Å²) in [6, 6.07) is 9.21. The number of benzene rings is 1. The van der Waals surface area contributed by atoms with Gasteiger partial charge in [-0.25, -0.2) is 0 Å². The third-order valence-corrected chi connectivity index (χ3v) is 11.3. The zero-order valence-corrected chi connectivity index (χ0v) is 14.3. The largest absolute Gasteiger partial charge is 0.336 e. The van der Waals surface area contributed by atoms with Gasteiger partial charge in [0.25, 0.3) is 0 Å². The van der Waals surface area contributed by atoms with Crippen molar-refractivity contribution in [1.82, 2.24) is 0 Å². The van der Waals surface area contributed by atoms with Crippen LogP contribution in [0.5, 0.6) is 0 Å². The van der Waals surface area contributed by atoms with Gasteiger partial charge >= 0.3 is 0 Å². The van der Waals surface area contributed by atoms with Crippen molar-refractivity contribution < 1.29 is 0 Å². The second-order valence-electron chi connectivity index (χ2n) is 6.27. The van der Waals surface area contributed by atoms with E-state index in [0.717, 1.165) is 5.66 Å². The second-order valence-corrected chi connectivity index (χ2v) is 11.9. The maximum absolute atomic E-state index is 4.46. The molecule has 0 nitrogen and oxygen atoms in total. The lowest BCUT2D eigenvalue weighted by atomic mass is 10.2. The van der Waals surface area contributed by atoms with Crippen LogP contribution in [0.3, 0.4) is 0 Å². The second kappa shape index (κ2) is 6.06. The van der Waals surface area contributed by atoms with Gasteiger partial charge in [-0.2, -0.15) is 0 Å². The average Bonchev–Trinajstić information content (AvgIpc) is 2.93. The van der Waals surface area contributed by atoms with E-state index in [0.29, 0.717) is 17.0 Å². The molecular weight excluding hydrogens is 278 g/mol. The molecule has 2 aliphatic heterocycles. The maximum Gasteiger partial charge on any atom is -0.0185 e. The lowest BCUT2D eigenvalue weighted by Gasteiger charge is -2.36. The summed E-state index contributed by atoms with van der Waals surface area (Å²) in [6.45, 7) is 15.7. The smallest absolute Gasteiger partial charge is 0.0185 e. The molecule has 0 bridgehead atoms. The van der Waals surface area contributed by atoms with E-state index in [4.69, 9.17) is 0 Å². The van der Waals surface area contributed by atoms with Crippen LogP contribution < -0.4 is 10.6 Å². The van der Waals surface area contributed by atoms with Gasteiger partial charge in [0.2, 0.25) is 0 Å². The van der Waals surface area contributed by atoms with E-state index in [1.165, 1.54) is 25.7 Å². The highest BCUT2D eigenvalue weighted by atomic mass is 31.1. The molecule has 0 radical (unpaired) electrons. The molecule has 0 N–H and O–H groups in total. The summed E-state index contributed by atoms with van der Waals surface area (Å²) in [7, 11) is -0.260. The molecule has 2 fully saturated rings. The highest BCUT2D eigenvalue weighted by Gasteiger charge is 2.32. The van der Waals surface area contributed by atoms with E-state index >= 15 is 0 Å². The van der Waals surface area contributed by atoms with Gasteiger partial charge in [-0.3, -0.25) is 0 Å². The third-order valence-electron chi connectivity index (χ3n) is 4.84. The van der Waals surface area contributed by atoms with E-state index < -0.39 is 0 Å². The topological polar surface area (TPSA) is 0 Å². The molecule has 2 aliphatic rings. The van der Waals surface area contributed by atoms with Gasteiger partial charge in [-0.1, -0.05) is 58.4 Å². The summed E-state index contributed by atoms with van der Waals surface area (Å²) in [5, 5.41) is 3.26. The van der Waals surface area contributed by atoms with Crippen LogP contribution in [0.25, 0.3) is 0 Å². The molecule has 1 aromatic carbocycles. The SMILES string of the molecule is [CH2-]C1CC[C@@H]([CH2-])P1c1ccccc1P1C([CH2-])CC[C@H]1C. The van der Waals surface area contributed by atoms with Crippen LogP contribution in [-0.2, 0) is 0 Å². The summed E-state index contributed by atoms with van der Waals surface area (Å²) < 4.78 is 0. The van der Waals surface area contributed by atoms with Gasteiger partial charge < -0.3 is 20.8 Å². The average molecular weight is 303 g/mol. The molecule has 6 atom stereocenters. The van der Waals surface area contributed by atoms with Crippen LogP contribution in [0.2, 0.25) is 0 Å². The first-order chi connectivity index (χ1) is 9.59. The molecule has 2 saturated heterocycles. The Hall–Kier alpha value is 0.0800. The van der Waals surface area contributed by atoms with Crippen molar-refractivity contribution in [1.29, 1.82) is 0 Å². The van der Waals surface area contributed by atoms with E-state index in [-0.39, 0.29) is 15.8 Å². The van der Waals surface area contributed by atoms with Gasteiger partial charge in [-0.05, 0) is 22.7 Å². The fraction of sp³-hybridized carbons (Fsp3) is 0.500. The van der Waals surface area contributed by atoms with E-state index in [9.17, 15) is 0 Å². The van der Waals surface area contributed by atoms with Crippen molar-refractivity contribution in [3.05, 3.63) is 45.0 Å². The Bertz CT molecular complexity index is 407. The number of hydrogen-bond acceptors (Lipinski definition) is 0. The molecule has 0 aliphatic carbocycles. The van der Waals surface area contributed by atoms with E-state index in [1.807, 2.05) is 0 Å². The van der Waals surface area contributed by atoms with Gasteiger partial charge in [-0.15, -0.1) is 24.9 Å². The van der Waals surface area contributed by atoms with Crippen LogP contribution in [0, 0.1) is 20.8 Å². The van der Waals surface area contributed by atoms with Crippen molar-refractivity contribution in [3.8, 4) is 0 Å². The summed E-state index contributed by atoms with van der Waals surface area (Å²) in [4.78, 5) is 0. The minimum Gasteiger partial charge on any atom is -0.336 e. The molecule has 2 heterocycles. The zero-order chi connectivity index (χ0) is 14.3. The van der Waals surface area contributed by atoms with Crippen LogP contribution in [-0.4, -0.2) is 22.6 Å². The fourth-order valence-electron chi connectivity index (χ4n) is 3.76. The predicted octanol–water partition coefficient (Wildman–Crippen LogP) is 4.49. The molecule has 20 heavy (non-hydrogen) atoms. The molecular formula is C18H25P2-3. The Labute approximate surface area is 127 Å². The molecule has 110 valence electrons. The van der Waals surface area contributed by atoms with Crippen molar-refractivity contribution >= 4 is 26.5 Å². The molecule has 0 spiro atoms. The lowest BCUT2D eigenvalue weighted by Crippen LogP contribution is -2.28. The van der Waals surface area contributed by atoms with Crippen molar-refractivity contribution in [2.45, 2.75) is 55.2 Å². The normalized spacial score (nSPS) is 41.2. The molecule has 4 unspecified atom stereocenters. The summed E-state index contributed by atoms with van der Waals surface area (Å²) in [5.74, 6) is 0. The van der Waals surface area contributed by atoms with Crippen LogP contribution >= 0.6 is 15.8 Å². The molecule has 0 saturated carbocycles. The third kappa shape index (κ3) is 2.60. The first kappa shape index (κ1) is 15.0. The number of rotatable bonds is 2. The van der Waals surface area contributed by atoms with Crippen molar-refractivity contribution in [2.75, 3.05) is 0 Å². The van der Waals surface area contributed by atoms with Gasteiger partial charge in [0.1, 0.15) is 0 Å². The Kier molecular flexibility index (Phi) is 4.54. The highest BCUT2D eigenvalue weighted by Crippen LogP contribution is 2.58. The van der Waals surface area contributed by atoms with E-state index in [2.05, 4.69) is 52.0 Å². The summed E-state index contributed by atoms with van der Waals surface area (Å²) in [6.07, 6.45) is 5.18. The Balaban J connectivity index is 2.00. The quantitative estimate of drug-likeness (QED) is 0.558. The molecule has 0 aromatic heterocycles. The van der Waals surface area contributed by atoms with Gasteiger partial charge in [0.05, 0.1) is 0 Å². The van der Waals surface area contributed by atoms with Gasteiger partial charge in [0.15, 0.2) is 0 Å². The fourth-order valence-corrected chi connectivity index (χ4v) is 10.3. The van der Waals surface area contributed by atoms with Crippen molar-refractivity contribution in [2.24, 2.45) is 0 Å². The van der Waals surface area contributed by atoms with Gasteiger partial charge in [0, 0.05) is 0 Å². The molecule has 1 aromatic rings. The summed E-state index contributed by atoms with van der Waals surface area (Å²) in [5.41, 5.74) is 2.68. The number of hydrogen-bond donors (Lipinski definition) is 0. The first-order valence-electron chi connectivity index (χ1n) is 7.74. The van der Waals surface area contributed by atoms with Crippen LogP contribution in [0.15, 0.2) is 24.3 Å². The Morgan fingerprint density at radius 1 is 0.800 bits per heavy atom. The Morgan fingerprint density at radius 2 is 1.25 bits per heavy atom. The molecule has 0 amide bonds. The molecule has 3 rings (SSSR count). The van der Waals surface area contributed by atoms with E-state index in [1.54, 1.807) is 10.6 Å². The van der Waals surface area contributed by atoms with Crippen molar-refractivity contribution in [3.63, 3.8) is 0 Å². The maximum atomic E-state index is 4.46. The minimum atomic E-state index is -0.171. The summed E-state index contributed by atoms with van der Waals surface area (Å²) >= 11 is 0. The minimum absolute atomic E-state index is 0.0881. The first-order valence-corrected chi connectivity index (χ1v) is 10.7. The molecule has 2 heteroatoms. The van der Waals surface area contributed by atoms with Crippen LogP contribution in [0.1, 0.15) is 32.6 Å². The highest BCUT2D eigenvalue weighted by molar-refractivity contribution is 7.73. The van der Waals surface area contributed by atoms with Crippen LogP contribution in [0.4, 0.5) is 0 Å². The Morgan fingerprint density at radius 3 is 1.75 bits per heavy atom. The zero-order valence-electron chi connectivity index (χ0n) is 12.5. The monoisotopic (exact) mass is 303 g/mol. The standard InChI is InChI=1S/C18H25P2/c1-13-9-10-14(2)19(13)17-7-5-6-8-18(17)20-15(3)11-12-16(20)4/h5-8,13-16H,1-3,9-12H2,4H3/q-3/t13-,14?,15?,16-,19?,20?/m1/s1. The lowest BCUT2D eigenvalue weighted by molar-refractivity contribution is 0.801. The predicted molar refractivity (Wildman–Crippen MR) is 94.9 cm³/mol.